The Morgan fingerprint density at radius 3 is 1.89 bits per heavy atom. The van der Waals surface area contributed by atoms with Crippen molar-refractivity contribution < 1.29 is 30.0 Å². The van der Waals surface area contributed by atoms with E-state index in [1.165, 1.54) is 5.06 Å². The molecule has 1 heterocycles. The predicted octanol–water partition coefficient (Wildman–Crippen LogP) is 0.829. The molecule has 0 aromatic heterocycles. The molecular formula is C21H27NO6. The Morgan fingerprint density at radius 2 is 1.43 bits per heavy atom. The third-order valence-corrected chi connectivity index (χ3v) is 4.88. The molecule has 152 valence electrons. The molecule has 0 amide bonds. The zero-order valence-electron chi connectivity index (χ0n) is 15.7. The van der Waals surface area contributed by atoms with Gasteiger partial charge in [-0.3, -0.25) is 4.84 Å². The van der Waals surface area contributed by atoms with E-state index in [0.29, 0.717) is 6.61 Å². The second-order valence-corrected chi connectivity index (χ2v) is 6.72. The number of nitrogens with zero attached hydrogens (tertiary/aromatic N) is 1. The van der Waals surface area contributed by atoms with E-state index in [4.69, 9.17) is 9.57 Å². The maximum atomic E-state index is 10.6. The van der Waals surface area contributed by atoms with Crippen molar-refractivity contribution in [2.45, 2.75) is 43.6 Å². The average molecular weight is 389 g/mol. The van der Waals surface area contributed by atoms with Gasteiger partial charge in [0.05, 0.1) is 19.3 Å². The molecule has 0 bridgehead atoms. The van der Waals surface area contributed by atoms with Crippen LogP contribution >= 0.6 is 0 Å². The molecule has 0 radical (unpaired) electrons. The molecule has 5 atom stereocenters. The van der Waals surface area contributed by atoms with Crippen LogP contribution in [0, 0.1) is 0 Å². The summed E-state index contributed by atoms with van der Waals surface area (Å²) >= 11 is 0. The monoisotopic (exact) mass is 389 g/mol. The van der Waals surface area contributed by atoms with Crippen LogP contribution in [-0.4, -0.2) is 69.3 Å². The van der Waals surface area contributed by atoms with Crippen molar-refractivity contribution in [2.24, 2.45) is 0 Å². The van der Waals surface area contributed by atoms with Crippen LogP contribution in [0.15, 0.2) is 60.7 Å². The molecule has 1 aliphatic rings. The molecule has 1 fully saturated rings. The summed E-state index contributed by atoms with van der Waals surface area (Å²) in [7, 11) is 0. The highest BCUT2D eigenvalue weighted by Crippen LogP contribution is 2.34. The van der Waals surface area contributed by atoms with Crippen LogP contribution in [-0.2, 0) is 9.57 Å². The highest BCUT2D eigenvalue weighted by molar-refractivity contribution is 5.31. The van der Waals surface area contributed by atoms with Crippen molar-refractivity contribution in [1.82, 2.24) is 5.06 Å². The molecule has 0 spiro atoms. The fraction of sp³-hybridized carbons (Fsp3) is 0.429. The lowest BCUT2D eigenvalue weighted by Gasteiger charge is -2.46. The van der Waals surface area contributed by atoms with Crippen molar-refractivity contribution in [1.29, 1.82) is 0 Å². The maximum absolute atomic E-state index is 10.6. The van der Waals surface area contributed by atoms with Crippen molar-refractivity contribution >= 4 is 0 Å². The lowest BCUT2D eigenvalue weighted by Crippen LogP contribution is -2.63. The number of aliphatic hydroxyl groups is 4. The molecule has 2 aromatic rings. The Hall–Kier alpha value is -1.84. The largest absolute Gasteiger partial charge is 0.394 e. The van der Waals surface area contributed by atoms with Crippen molar-refractivity contribution in [3.63, 3.8) is 0 Å². The van der Waals surface area contributed by atoms with E-state index in [-0.39, 0.29) is 0 Å². The summed E-state index contributed by atoms with van der Waals surface area (Å²) in [6.45, 7) is 1.61. The lowest BCUT2D eigenvalue weighted by atomic mass is 9.94. The van der Waals surface area contributed by atoms with E-state index < -0.39 is 43.3 Å². The first-order valence-corrected chi connectivity index (χ1v) is 9.40. The Morgan fingerprint density at radius 1 is 0.893 bits per heavy atom. The Bertz CT molecular complexity index is 674. The van der Waals surface area contributed by atoms with Gasteiger partial charge in [0.15, 0.2) is 6.23 Å². The topological polar surface area (TPSA) is 103 Å². The fourth-order valence-electron chi connectivity index (χ4n) is 3.49. The van der Waals surface area contributed by atoms with Gasteiger partial charge in [-0.25, -0.2) is 0 Å². The third-order valence-electron chi connectivity index (χ3n) is 4.88. The first-order chi connectivity index (χ1) is 13.6. The smallest absolute Gasteiger partial charge is 0.163 e. The Kier molecular flexibility index (Phi) is 7.14. The molecule has 28 heavy (non-hydrogen) atoms. The molecule has 4 N–H and O–H groups in total. The summed E-state index contributed by atoms with van der Waals surface area (Å²) in [5, 5.41) is 42.0. The number of hydrogen-bond donors (Lipinski definition) is 4. The third kappa shape index (κ3) is 4.26. The summed E-state index contributed by atoms with van der Waals surface area (Å²) in [5.41, 5.74) is 1.80. The van der Waals surface area contributed by atoms with Gasteiger partial charge >= 0.3 is 0 Å². The van der Waals surface area contributed by atoms with Crippen LogP contribution in [0.25, 0.3) is 0 Å². The molecule has 0 aliphatic carbocycles. The normalized spacial score (nSPS) is 28.0. The van der Waals surface area contributed by atoms with Gasteiger partial charge in [0, 0.05) is 0 Å². The number of rotatable bonds is 7. The van der Waals surface area contributed by atoms with Crippen molar-refractivity contribution in [3.8, 4) is 0 Å². The van der Waals surface area contributed by atoms with Gasteiger partial charge in [-0.1, -0.05) is 60.7 Å². The second-order valence-electron chi connectivity index (χ2n) is 6.72. The molecular weight excluding hydrogens is 362 g/mol. The summed E-state index contributed by atoms with van der Waals surface area (Å²) in [6, 6.07) is 18.7. The van der Waals surface area contributed by atoms with Gasteiger partial charge < -0.3 is 25.2 Å². The van der Waals surface area contributed by atoms with Gasteiger partial charge in [-0.15, -0.1) is 5.06 Å². The molecule has 7 heteroatoms. The van der Waals surface area contributed by atoms with E-state index in [0.717, 1.165) is 11.1 Å². The SMILES string of the molecule is CCON(C(c1ccccc1)c1ccccc1)[C@@H]1OC(CO)[C@@H](O)[C@H](O)C1O. The zero-order chi connectivity index (χ0) is 20.1. The number of hydroxylamine groups is 2. The average Bonchev–Trinajstić information content (AvgIpc) is 2.74. The van der Waals surface area contributed by atoms with E-state index in [2.05, 4.69) is 0 Å². The van der Waals surface area contributed by atoms with Crippen molar-refractivity contribution in [3.05, 3.63) is 71.8 Å². The van der Waals surface area contributed by atoms with E-state index in [9.17, 15) is 20.4 Å². The number of ether oxygens (including phenoxy) is 1. The fourth-order valence-corrected chi connectivity index (χ4v) is 3.49. The minimum absolute atomic E-state index is 0.297. The first kappa shape index (κ1) is 20.9. The van der Waals surface area contributed by atoms with Gasteiger partial charge in [0.25, 0.3) is 0 Å². The summed E-state index contributed by atoms with van der Waals surface area (Å²) in [4.78, 5) is 5.87. The highest BCUT2D eigenvalue weighted by Gasteiger charge is 2.48. The van der Waals surface area contributed by atoms with Crippen LogP contribution in [0.1, 0.15) is 24.1 Å². The number of hydrogen-bond acceptors (Lipinski definition) is 7. The van der Waals surface area contributed by atoms with E-state index in [1.807, 2.05) is 67.6 Å². The van der Waals surface area contributed by atoms with Crippen LogP contribution in [0.4, 0.5) is 0 Å². The van der Waals surface area contributed by atoms with Gasteiger partial charge in [0.1, 0.15) is 24.4 Å². The minimum atomic E-state index is -1.48. The molecule has 2 unspecified atom stereocenters. The van der Waals surface area contributed by atoms with Crippen LogP contribution in [0.5, 0.6) is 0 Å². The van der Waals surface area contributed by atoms with E-state index >= 15 is 0 Å². The van der Waals surface area contributed by atoms with Gasteiger partial charge in [0.2, 0.25) is 0 Å². The highest BCUT2D eigenvalue weighted by atomic mass is 16.7. The predicted molar refractivity (Wildman–Crippen MR) is 102 cm³/mol. The van der Waals surface area contributed by atoms with Crippen LogP contribution in [0.3, 0.4) is 0 Å². The zero-order valence-corrected chi connectivity index (χ0v) is 15.7. The van der Waals surface area contributed by atoms with Gasteiger partial charge in [-0.2, -0.15) is 0 Å². The molecule has 1 saturated heterocycles. The number of aliphatic hydroxyl groups excluding tert-OH is 4. The summed E-state index contributed by atoms with van der Waals surface area (Å²) < 4.78 is 5.76. The molecule has 7 nitrogen and oxygen atoms in total. The molecule has 0 saturated carbocycles. The van der Waals surface area contributed by atoms with Crippen molar-refractivity contribution in [2.75, 3.05) is 13.2 Å². The minimum Gasteiger partial charge on any atom is -0.394 e. The Balaban J connectivity index is 2.03. The lowest BCUT2D eigenvalue weighted by molar-refractivity contribution is -0.343. The summed E-state index contributed by atoms with van der Waals surface area (Å²) in [6.07, 6.45) is -6.45. The number of benzene rings is 2. The van der Waals surface area contributed by atoms with E-state index in [1.54, 1.807) is 0 Å². The molecule has 1 aliphatic heterocycles. The standard InChI is InChI=1S/C21H27NO6/c1-2-27-22(21-20(26)19(25)18(24)16(13-23)28-21)17(14-9-5-3-6-10-14)15-11-7-4-8-12-15/h3-12,16-21,23-26H,2,13H2,1H3/t16?,18-,19+,20?,21-/m1/s1. The van der Waals surface area contributed by atoms with Gasteiger partial charge in [-0.05, 0) is 18.1 Å². The van der Waals surface area contributed by atoms with Crippen LogP contribution in [0.2, 0.25) is 0 Å². The quantitative estimate of drug-likeness (QED) is 0.520. The van der Waals surface area contributed by atoms with Crippen LogP contribution < -0.4 is 0 Å². The summed E-state index contributed by atoms with van der Waals surface area (Å²) in [5.74, 6) is 0. The molecule has 3 rings (SSSR count). The second kappa shape index (κ2) is 9.58. The molecule has 2 aromatic carbocycles. The Labute approximate surface area is 164 Å². The maximum Gasteiger partial charge on any atom is 0.163 e. The first-order valence-electron chi connectivity index (χ1n) is 9.40.